The molecule has 2 saturated heterocycles. The molecule has 2 aliphatic rings. The Morgan fingerprint density at radius 3 is 2.53 bits per heavy atom. The van der Waals surface area contributed by atoms with E-state index in [1.54, 1.807) is 25.3 Å². The second-order valence-electron chi connectivity index (χ2n) is 9.39. The minimum atomic E-state index is -0.405. The highest BCUT2D eigenvalue weighted by atomic mass is 16.5. The first-order valence-corrected chi connectivity index (χ1v) is 12.7. The summed E-state index contributed by atoms with van der Waals surface area (Å²) in [6, 6.07) is 12.4. The molecule has 3 amide bonds. The normalized spacial score (nSPS) is 16.9. The van der Waals surface area contributed by atoms with Gasteiger partial charge in [0, 0.05) is 50.6 Å². The van der Waals surface area contributed by atoms with Crippen LogP contribution in [0, 0.1) is 5.92 Å². The average Bonchev–Trinajstić information content (AvgIpc) is 2.90. The van der Waals surface area contributed by atoms with E-state index >= 15 is 0 Å². The summed E-state index contributed by atoms with van der Waals surface area (Å²) in [4.78, 5) is 30.6. The van der Waals surface area contributed by atoms with Crippen molar-refractivity contribution >= 4 is 29.0 Å². The summed E-state index contributed by atoms with van der Waals surface area (Å²) >= 11 is 0. The zero-order valence-electron chi connectivity index (χ0n) is 21.2. The number of benzene rings is 2. The maximum Gasteiger partial charge on any atom is 0.323 e. The van der Waals surface area contributed by atoms with E-state index in [4.69, 9.17) is 9.47 Å². The van der Waals surface area contributed by atoms with Crippen LogP contribution in [0.2, 0.25) is 0 Å². The van der Waals surface area contributed by atoms with Gasteiger partial charge in [0.15, 0.2) is 0 Å². The number of amides is 3. The molecule has 36 heavy (non-hydrogen) atoms. The van der Waals surface area contributed by atoms with Crippen molar-refractivity contribution in [3.05, 3.63) is 48.0 Å². The fraction of sp³-hybridized carbons (Fsp3) is 0.481. The lowest BCUT2D eigenvalue weighted by molar-refractivity contribution is 0.0383. The Kier molecular flexibility index (Phi) is 9.02. The van der Waals surface area contributed by atoms with Gasteiger partial charge in [0.1, 0.15) is 5.75 Å². The molecule has 3 N–H and O–H groups in total. The van der Waals surface area contributed by atoms with Gasteiger partial charge in [0.25, 0.3) is 5.91 Å². The summed E-state index contributed by atoms with van der Waals surface area (Å²) in [5, 5.41) is 8.74. The molecule has 9 heteroatoms. The van der Waals surface area contributed by atoms with E-state index in [-0.39, 0.29) is 5.91 Å². The Morgan fingerprint density at radius 2 is 1.78 bits per heavy atom. The highest BCUT2D eigenvalue weighted by molar-refractivity contribution is 6.04. The van der Waals surface area contributed by atoms with Gasteiger partial charge < -0.3 is 30.3 Å². The van der Waals surface area contributed by atoms with Crippen molar-refractivity contribution in [3.8, 4) is 5.75 Å². The Labute approximate surface area is 213 Å². The van der Waals surface area contributed by atoms with E-state index < -0.39 is 6.03 Å². The zero-order chi connectivity index (χ0) is 25.3. The van der Waals surface area contributed by atoms with Crippen LogP contribution in [-0.2, 0) is 4.74 Å². The van der Waals surface area contributed by atoms with E-state index in [0.29, 0.717) is 35.2 Å². The lowest BCUT2D eigenvalue weighted by Gasteiger charge is -2.33. The standard InChI is InChI=1S/C27H37N5O4/c1-20-9-12-32(13-10-20)24-8-7-21(29-27(34)30-23-5-3-4-6-25(23)35-2)19-22(24)26(33)28-11-14-31-15-17-36-18-16-31/h3-8,19-20H,9-18H2,1-2H3,(H,28,33)(H2,29,30,34). The molecule has 0 atom stereocenters. The molecular formula is C27H37N5O4. The quantitative estimate of drug-likeness (QED) is 0.518. The molecule has 2 fully saturated rings. The summed E-state index contributed by atoms with van der Waals surface area (Å²) in [6.07, 6.45) is 2.19. The minimum Gasteiger partial charge on any atom is -0.495 e. The van der Waals surface area contributed by atoms with Gasteiger partial charge in [-0.1, -0.05) is 19.1 Å². The lowest BCUT2D eigenvalue weighted by Crippen LogP contribution is -2.41. The fourth-order valence-corrected chi connectivity index (χ4v) is 4.60. The van der Waals surface area contributed by atoms with Gasteiger partial charge in [0.05, 0.1) is 31.6 Å². The molecule has 2 aromatic rings. The largest absolute Gasteiger partial charge is 0.495 e. The first-order chi connectivity index (χ1) is 17.5. The van der Waals surface area contributed by atoms with Crippen molar-refractivity contribution in [1.82, 2.24) is 10.2 Å². The predicted octanol–water partition coefficient (Wildman–Crippen LogP) is 3.64. The molecule has 0 aliphatic carbocycles. The van der Waals surface area contributed by atoms with Crippen molar-refractivity contribution < 1.29 is 19.1 Å². The molecule has 0 radical (unpaired) electrons. The van der Waals surface area contributed by atoms with E-state index in [1.165, 1.54) is 0 Å². The van der Waals surface area contributed by atoms with Gasteiger partial charge in [-0.2, -0.15) is 0 Å². The molecule has 9 nitrogen and oxygen atoms in total. The van der Waals surface area contributed by atoms with Gasteiger partial charge in [-0.15, -0.1) is 0 Å². The summed E-state index contributed by atoms with van der Waals surface area (Å²) in [7, 11) is 1.56. The zero-order valence-corrected chi connectivity index (χ0v) is 21.2. The lowest BCUT2D eigenvalue weighted by atomic mass is 9.98. The highest BCUT2D eigenvalue weighted by Crippen LogP contribution is 2.29. The number of carbonyl (C=O) groups excluding carboxylic acids is 2. The van der Waals surface area contributed by atoms with Crippen LogP contribution in [0.5, 0.6) is 5.75 Å². The number of urea groups is 1. The number of hydrogen-bond acceptors (Lipinski definition) is 6. The van der Waals surface area contributed by atoms with Crippen LogP contribution < -0.4 is 25.6 Å². The van der Waals surface area contributed by atoms with E-state index in [9.17, 15) is 9.59 Å². The second kappa shape index (κ2) is 12.6. The summed E-state index contributed by atoms with van der Waals surface area (Å²) in [6.45, 7) is 8.66. The fourth-order valence-electron chi connectivity index (χ4n) is 4.60. The molecule has 194 valence electrons. The van der Waals surface area contributed by atoms with Crippen LogP contribution in [0.4, 0.5) is 21.9 Å². The molecular weight excluding hydrogens is 458 g/mol. The Bertz CT molecular complexity index is 1030. The number of morpholine rings is 1. The van der Waals surface area contributed by atoms with Crippen LogP contribution in [0.3, 0.4) is 0 Å². The van der Waals surface area contributed by atoms with Gasteiger partial charge in [-0.25, -0.2) is 4.79 Å². The third-order valence-corrected chi connectivity index (χ3v) is 6.80. The van der Waals surface area contributed by atoms with Gasteiger partial charge >= 0.3 is 6.03 Å². The van der Waals surface area contributed by atoms with Crippen molar-refractivity contribution in [2.24, 2.45) is 5.92 Å². The van der Waals surface area contributed by atoms with E-state index in [0.717, 1.165) is 64.5 Å². The van der Waals surface area contributed by atoms with Crippen LogP contribution in [-0.4, -0.2) is 76.4 Å². The number of methoxy groups -OCH3 is 1. The number of para-hydroxylation sites is 2. The highest BCUT2D eigenvalue weighted by Gasteiger charge is 2.22. The first kappa shape index (κ1) is 25.8. The molecule has 0 unspecified atom stereocenters. The summed E-state index contributed by atoms with van der Waals surface area (Å²) < 4.78 is 10.7. The third kappa shape index (κ3) is 6.89. The predicted molar refractivity (Wildman–Crippen MR) is 142 cm³/mol. The molecule has 2 aromatic carbocycles. The molecule has 2 heterocycles. The number of piperidine rings is 1. The maximum atomic E-state index is 13.3. The van der Waals surface area contributed by atoms with Gasteiger partial charge in [-0.05, 0) is 49.1 Å². The number of nitrogens with one attached hydrogen (secondary N) is 3. The number of nitrogens with zero attached hydrogens (tertiary/aromatic N) is 2. The van der Waals surface area contributed by atoms with Crippen LogP contribution in [0.15, 0.2) is 42.5 Å². The summed E-state index contributed by atoms with van der Waals surface area (Å²) in [5.74, 6) is 1.12. The smallest absolute Gasteiger partial charge is 0.323 e. The molecule has 0 saturated carbocycles. The number of ether oxygens (including phenoxy) is 2. The Balaban J connectivity index is 1.46. The van der Waals surface area contributed by atoms with Crippen LogP contribution in [0.1, 0.15) is 30.1 Å². The second-order valence-corrected chi connectivity index (χ2v) is 9.39. The monoisotopic (exact) mass is 495 g/mol. The Morgan fingerprint density at radius 1 is 1.03 bits per heavy atom. The number of hydrogen-bond donors (Lipinski definition) is 3. The summed E-state index contributed by atoms with van der Waals surface area (Å²) in [5.41, 5.74) is 2.59. The molecule has 2 aliphatic heterocycles. The van der Waals surface area contributed by atoms with Gasteiger partial charge in [0.2, 0.25) is 0 Å². The average molecular weight is 496 g/mol. The van der Waals surface area contributed by atoms with E-state index in [2.05, 4.69) is 32.7 Å². The van der Waals surface area contributed by atoms with Crippen molar-refractivity contribution in [3.63, 3.8) is 0 Å². The topological polar surface area (TPSA) is 95.2 Å². The maximum absolute atomic E-state index is 13.3. The van der Waals surface area contributed by atoms with Gasteiger partial charge in [-0.3, -0.25) is 9.69 Å². The van der Waals surface area contributed by atoms with Crippen LogP contribution in [0.25, 0.3) is 0 Å². The molecule has 0 spiro atoms. The van der Waals surface area contributed by atoms with Crippen LogP contribution >= 0.6 is 0 Å². The number of carbonyl (C=O) groups is 2. The number of rotatable bonds is 8. The SMILES string of the molecule is COc1ccccc1NC(=O)Nc1ccc(N2CCC(C)CC2)c(C(=O)NCCN2CCOCC2)c1. The van der Waals surface area contributed by atoms with E-state index in [1.807, 2.05) is 24.3 Å². The molecule has 4 rings (SSSR count). The number of anilines is 3. The molecule has 0 bridgehead atoms. The Hall–Kier alpha value is -3.30. The van der Waals surface area contributed by atoms with Crippen molar-refractivity contribution in [2.75, 3.05) is 75.1 Å². The first-order valence-electron chi connectivity index (χ1n) is 12.7. The third-order valence-electron chi connectivity index (χ3n) is 6.80. The molecule has 0 aromatic heterocycles. The van der Waals surface area contributed by atoms with Crippen molar-refractivity contribution in [1.29, 1.82) is 0 Å². The van der Waals surface area contributed by atoms with Crippen molar-refractivity contribution in [2.45, 2.75) is 19.8 Å². The minimum absolute atomic E-state index is 0.134.